The molecule has 0 atom stereocenters. The molecule has 4 rings (SSSR count). The fourth-order valence-electron chi connectivity index (χ4n) is 3.92. The Balaban J connectivity index is 1.60. The van der Waals surface area contributed by atoms with Crippen molar-refractivity contribution in [2.45, 2.75) is 17.7 Å². The lowest BCUT2D eigenvalue weighted by Gasteiger charge is -2.23. The van der Waals surface area contributed by atoms with E-state index < -0.39 is 21.7 Å². The molecule has 3 aromatic carbocycles. The molecule has 0 aliphatic carbocycles. The zero-order valence-corrected chi connectivity index (χ0v) is 21.1. The van der Waals surface area contributed by atoms with Gasteiger partial charge in [-0.15, -0.1) is 0 Å². The lowest BCUT2D eigenvalue weighted by atomic mass is 10.2. The van der Waals surface area contributed by atoms with Gasteiger partial charge in [-0.2, -0.15) is 0 Å². The first-order valence-corrected chi connectivity index (χ1v) is 13.1. The molecular weight excluding hydrogens is 503 g/mol. The highest BCUT2D eigenvalue weighted by Gasteiger charge is 2.25. The SMILES string of the molecule is COc1ccccc1NS(=O)(=O)c1cc(NC(=S)NC(=O)c2cccc(F)c2)ccc1N1CCCC1. The van der Waals surface area contributed by atoms with Gasteiger partial charge in [0.25, 0.3) is 15.9 Å². The van der Waals surface area contributed by atoms with Gasteiger partial charge in [-0.25, -0.2) is 12.8 Å². The van der Waals surface area contributed by atoms with Crippen molar-refractivity contribution >= 4 is 50.3 Å². The van der Waals surface area contributed by atoms with Gasteiger partial charge >= 0.3 is 0 Å². The summed E-state index contributed by atoms with van der Waals surface area (Å²) >= 11 is 5.23. The summed E-state index contributed by atoms with van der Waals surface area (Å²) in [5, 5.41) is 5.27. The number of para-hydroxylation sites is 2. The van der Waals surface area contributed by atoms with Crippen molar-refractivity contribution in [3.05, 3.63) is 78.1 Å². The van der Waals surface area contributed by atoms with E-state index in [0.717, 1.165) is 32.0 Å². The third-order valence-electron chi connectivity index (χ3n) is 5.62. The van der Waals surface area contributed by atoms with Crippen LogP contribution < -0.4 is 25.0 Å². The standard InChI is InChI=1S/C25H25FN4O4S2/c1-34-22-10-3-2-9-20(22)29-36(32,33)23-16-19(11-12-21(23)30-13-4-5-14-30)27-25(35)28-24(31)17-7-6-8-18(26)15-17/h2-3,6-12,15-16,29H,4-5,13-14H2,1H3,(H2,27,28,31,35). The Hall–Kier alpha value is -3.70. The number of halogens is 1. The molecule has 3 aromatic rings. The zero-order chi connectivity index (χ0) is 25.7. The Morgan fingerprint density at radius 2 is 1.78 bits per heavy atom. The molecule has 0 radical (unpaired) electrons. The van der Waals surface area contributed by atoms with Gasteiger partial charge in [0, 0.05) is 24.3 Å². The molecule has 1 aliphatic rings. The smallest absolute Gasteiger partial charge is 0.264 e. The van der Waals surface area contributed by atoms with Gasteiger partial charge in [-0.05, 0) is 73.6 Å². The first-order chi connectivity index (χ1) is 17.3. The molecule has 0 aromatic heterocycles. The number of nitrogens with one attached hydrogen (secondary N) is 3. The number of methoxy groups -OCH3 is 1. The Kier molecular flexibility index (Phi) is 7.70. The highest BCUT2D eigenvalue weighted by molar-refractivity contribution is 7.93. The first kappa shape index (κ1) is 25.4. The number of carbonyl (C=O) groups is 1. The Morgan fingerprint density at radius 3 is 2.50 bits per heavy atom. The zero-order valence-electron chi connectivity index (χ0n) is 19.5. The van der Waals surface area contributed by atoms with Crippen molar-refractivity contribution in [2.75, 3.05) is 35.1 Å². The number of benzene rings is 3. The number of hydrogen-bond acceptors (Lipinski definition) is 6. The monoisotopic (exact) mass is 528 g/mol. The molecule has 1 fully saturated rings. The van der Waals surface area contributed by atoms with E-state index in [9.17, 15) is 17.6 Å². The van der Waals surface area contributed by atoms with E-state index >= 15 is 0 Å². The van der Waals surface area contributed by atoms with Gasteiger partial charge in [0.15, 0.2) is 5.11 Å². The van der Waals surface area contributed by atoms with Gasteiger partial charge in [0.05, 0.1) is 18.5 Å². The second kappa shape index (κ2) is 10.9. The number of sulfonamides is 1. The number of thiocarbonyl (C=S) groups is 1. The van der Waals surface area contributed by atoms with Crippen molar-refractivity contribution in [2.24, 2.45) is 0 Å². The summed E-state index contributed by atoms with van der Waals surface area (Å²) in [7, 11) is -2.56. The quantitative estimate of drug-likeness (QED) is 0.392. The normalized spacial score (nSPS) is 13.2. The fraction of sp³-hybridized carbons (Fsp3) is 0.200. The lowest BCUT2D eigenvalue weighted by molar-refractivity contribution is 0.0977. The van der Waals surface area contributed by atoms with Crippen LogP contribution in [-0.4, -0.2) is 39.6 Å². The Labute approximate surface area is 214 Å². The predicted octanol–water partition coefficient (Wildman–Crippen LogP) is 4.36. The average molecular weight is 529 g/mol. The molecule has 3 N–H and O–H groups in total. The summed E-state index contributed by atoms with van der Waals surface area (Å²) < 4.78 is 48.4. The summed E-state index contributed by atoms with van der Waals surface area (Å²) in [4.78, 5) is 14.5. The number of hydrogen-bond donors (Lipinski definition) is 3. The van der Waals surface area contributed by atoms with E-state index in [-0.39, 0.29) is 15.6 Å². The molecule has 11 heteroatoms. The van der Waals surface area contributed by atoms with E-state index in [1.807, 2.05) is 4.90 Å². The van der Waals surface area contributed by atoms with Crippen molar-refractivity contribution in [1.29, 1.82) is 0 Å². The van der Waals surface area contributed by atoms with Crippen molar-refractivity contribution < 1.29 is 22.3 Å². The maximum Gasteiger partial charge on any atom is 0.264 e. The van der Waals surface area contributed by atoms with Gasteiger partial charge < -0.3 is 15.0 Å². The molecule has 1 heterocycles. The fourth-order valence-corrected chi connectivity index (χ4v) is 5.46. The van der Waals surface area contributed by atoms with E-state index in [1.165, 1.54) is 31.4 Å². The van der Waals surface area contributed by atoms with Crippen LogP contribution in [0.4, 0.5) is 21.5 Å². The van der Waals surface area contributed by atoms with Crippen molar-refractivity contribution in [3.8, 4) is 5.75 Å². The van der Waals surface area contributed by atoms with Crippen LogP contribution in [0.1, 0.15) is 23.2 Å². The van der Waals surface area contributed by atoms with Crippen LogP contribution in [0.15, 0.2) is 71.6 Å². The third kappa shape index (κ3) is 5.92. The van der Waals surface area contributed by atoms with Crippen LogP contribution >= 0.6 is 12.2 Å². The molecule has 36 heavy (non-hydrogen) atoms. The third-order valence-corrected chi connectivity index (χ3v) is 7.22. The van der Waals surface area contributed by atoms with E-state index in [4.69, 9.17) is 17.0 Å². The number of anilines is 3. The summed E-state index contributed by atoms with van der Waals surface area (Å²) in [5.74, 6) is -0.748. The van der Waals surface area contributed by atoms with Crippen LogP contribution in [0.25, 0.3) is 0 Å². The Bertz CT molecular complexity index is 1390. The molecule has 1 aliphatic heterocycles. The number of rotatable bonds is 7. The summed E-state index contributed by atoms with van der Waals surface area (Å²) in [5.41, 5.74) is 1.34. The molecule has 0 bridgehead atoms. The lowest BCUT2D eigenvalue weighted by Crippen LogP contribution is -2.34. The van der Waals surface area contributed by atoms with Gasteiger partial charge in [-0.1, -0.05) is 18.2 Å². The van der Waals surface area contributed by atoms with E-state index in [2.05, 4.69) is 15.4 Å². The predicted molar refractivity (Wildman–Crippen MR) is 142 cm³/mol. The Morgan fingerprint density at radius 1 is 1.03 bits per heavy atom. The van der Waals surface area contributed by atoms with Crippen LogP contribution in [0.3, 0.4) is 0 Å². The molecule has 0 spiro atoms. The molecule has 0 unspecified atom stereocenters. The van der Waals surface area contributed by atoms with Gasteiger partial charge in [0.2, 0.25) is 0 Å². The molecule has 1 saturated heterocycles. The van der Waals surface area contributed by atoms with Crippen LogP contribution in [0.2, 0.25) is 0 Å². The van der Waals surface area contributed by atoms with Crippen LogP contribution in [0, 0.1) is 5.82 Å². The number of ether oxygens (including phenoxy) is 1. The van der Waals surface area contributed by atoms with Crippen molar-refractivity contribution in [1.82, 2.24) is 5.32 Å². The highest BCUT2D eigenvalue weighted by Crippen LogP contribution is 2.34. The topological polar surface area (TPSA) is 99.8 Å². The van der Waals surface area contributed by atoms with E-state index in [1.54, 1.807) is 36.4 Å². The van der Waals surface area contributed by atoms with Crippen LogP contribution in [0.5, 0.6) is 5.75 Å². The first-order valence-electron chi connectivity index (χ1n) is 11.2. The molecule has 0 saturated carbocycles. The average Bonchev–Trinajstić information content (AvgIpc) is 3.39. The second-order valence-corrected chi connectivity index (χ2v) is 10.2. The minimum atomic E-state index is -4.03. The summed E-state index contributed by atoms with van der Waals surface area (Å²) in [6.07, 6.45) is 1.94. The second-order valence-electron chi connectivity index (χ2n) is 8.10. The maximum atomic E-state index is 13.5. The minimum Gasteiger partial charge on any atom is -0.495 e. The number of carbonyl (C=O) groups excluding carboxylic acids is 1. The minimum absolute atomic E-state index is 0.0552. The van der Waals surface area contributed by atoms with Gasteiger partial charge in [-0.3, -0.25) is 14.8 Å². The van der Waals surface area contributed by atoms with Crippen molar-refractivity contribution in [3.63, 3.8) is 0 Å². The van der Waals surface area contributed by atoms with E-state index in [0.29, 0.717) is 22.8 Å². The van der Waals surface area contributed by atoms with Gasteiger partial charge in [0.1, 0.15) is 16.5 Å². The largest absolute Gasteiger partial charge is 0.495 e. The molecule has 1 amide bonds. The summed E-state index contributed by atoms with van der Waals surface area (Å²) in [6.45, 7) is 1.48. The van der Waals surface area contributed by atoms with Crippen LogP contribution in [-0.2, 0) is 10.0 Å². The number of amides is 1. The molecular formula is C25H25FN4O4S2. The summed E-state index contributed by atoms with van der Waals surface area (Å²) in [6, 6.07) is 16.8. The maximum absolute atomic E-state index is 13.5. The number of nitrogens with zero attached hydrogens (tertiary/aromatic N) is 1. The highest BCUT2D eigenvalue weighted by atomic mass is 32.2. The molecule has 188 valence electrons. The molecule has 8 nitrogen and oxygen atoms in total.